The normalized spacial score (nSPS) is 21.7. The van der Waals surface area contributed by atoms with E-state index < -0.39 is 17.4 Å². The molecule has 6 heteroatoms. The number of Topliss-reactive ketones (excluding diaryl/α,β-unsaturated/α-hetero) is 1. The molecule has 1 fully saturated rings. The zero-order valence-corrected chi connectivity index (χ0v) is 14.4. The topological polar surface area (TPSA) is 84.7 Å². The molecular weight excluding hydrogens is 282 g/mol. The molecule has 1 aliphatic rings. The van der Waals surface area contributed by atoms with Gasteiger partial charge >= 0.3 is 6.09 Å². The molecule has 1 rings (SSSR count). The molecule has 0 aliphatic carbocycles. The number of ether oxygens (including phenoxy) is 1. The molecule has 0 spiro atoms. The van der Waals surface area contributed by atoms with Gasteiger partial charge in [0.15, 0.2) is 11.4 Å². The lowest BCUT2D eigenvalue weighted by atomic mass is 9.96. The Bertz CT molecular complexity index is 385. The van der Waals surface area contributed by atoms with Gasteiger partial charge in [0.05, 0.1) is 0 Å². The van der Waals surface area contributed by atoms with Crippen LogP contribution in [0.25, 0.3) is 0 Å². The quantitative estimate of drug-likeness (QED) is 0.327. The number of nitrogens with one attached hydrogen (secondary N) is 1. The van der Waals surface area contributed by atoms with Crippen LogP contribution in [0.4, 0.5) is 4.79 Å². The zero-order chi connectivity index (χ0) is 16.8. The highest BCUT2D eigenvalue weighted by Gasteiger charge is 2.47. The van der Waals surface area contributed by atoms with Crippen molar-refractivity contribution in [3.05, 3.63) is 0 Å². The molecule has 3 N–H and O–H groups in total. The van der Waals surface area contributed by atoms with Gasteiger partial charge in [0, 0.05) is 6.42 Å². The number of nitrogens with zero attached hydrogens (tertiary/aromatic N) is 1. The summed E-state index contributed by atoms with van der Waals surface area (Å²) < 4.78 is 5.30. The van der Waals surface area contributed by atoms with E-state index in [1.165, 1.54) is 0 Å². The van der Waals surface area contributed by atoms with E-state index in [4.69, 9.17) is 10.6 Å². The van der Waals surface area contributed by atoms with Gasteiger partial charge in [-0.05, 0) is 46.6 Å². The maximum atomic E-state index is 12.7. The third-order valence-electron chi connectivity index (χ3n) is 3.85. The summed E-state index contributed by atoms with van der Waals surface area (Å²) in [6.07, 6.45) is 5.22. The van der Waals surface area contributed by atoms with Crippen LogP contribution in [0.3, 0.4) is 0 Å². The fourth-order valence-corrected chi connectivity index (χ4v) is 2.69. The second-order valence-electron chi connectivity index (χ2n) is 6.97. The van der Waals surface area contributed by atoms with Crippen molar-refractivity contribution in [1.82, 2.24) is 10.3 Å². The predicted octanol–water partition coefficient (Wildman–Crippen LogP) is 2.72. The van der Waals surface area contributed by atoms with Crippen LogP contribution in [0.15, 0.2) is 0 Å². The molecule has 0 saturated carbocycles. The van der Waals surface area contributed by atoms with Crippen molar-refractivity contribution >= 4 is 11.9 Å². The molecule has 1 atom stereocenters. The minimum atomic E-state index is -1.10. The van der Waals surface area contributed by atoms with Crippen LogP contribution in [0.1, 0.15) is 72.6 Å². The number of hydrogen-bond donors (Lipinski definition) is 2. The lowest BCUT2D eigenvalue weighted by Crippen LogP contribution is -2.66. The number of carbonyl (C=O) groups excluding carboxylic acids is 2. The van der Waals surface area contributed by atoms with Gasteiger partial charge in [-0.2, -0.15) is 0 Å². The molecule has 0 aromatic heterocycles. The van der Waals surface area contributed by atoms with Gasteiger partial charge in [-0.3, -0.25) is 10.1 Å². The number of nitrogens with two attached hydrogens (primary N) is 1. The second-order valence-corrected chi connectivity index (χ2v) is 6.97. The van der Waals surface area contributed by atoms with Crippen molar-refractivity contribution in [1.29, 1.82) is 0 Å². The van der Waals surface area contributed by atoms with Crippen LogP contribution in [-0.4, -0.2) is 34.7 Å². The Kier molecular flexibility index (Phi) is 6.81. The Hall–Kier alpha value is -1.14. The smallest absolute Gasteiger partial charge is 0.426 e. The number of ketones is 1. The van der Waals surface area contributed by atoms with E-state index in [0.717, 1.165) is 37.1 Å². The van der Waals surface area contributed by atoms with E-state index in [0.29, 0.717) is 19.4 Å². The van der Waals surface area contributed by atoms with Gasteiger partial charge in [-0.25, -0.2) is 15.6 Å². The highest BCUT2D eigenvalue weighted by molar-refractivity contribution is 5.91. The fraction of sp³-hybridized carbons (Fsp3) is 0.875. The van der Waals surface area contributed by atoms with Gasteiger partial charge < -0.3 is 4.74 Å². The molecule has 0 aromatic rings. The molecule has 0 aromatic carbocycles. The van der Waals surface area contributed by atoms with Crippen molar-refractivity contribution < 1.29 is 14.3 Å². The largest absolute Gasteiger partial charge is 0.443 e. The molecular formula is C16H31N3O3. The van der Waals surface area contributed by atoms with Gasteiger partial charge in [0.2, 0.25) is 0 Å². The molecule has 1 heterocycles. The molecule has 1 unspecified atom stereocenters. The van der Waals surface area contributed by atoms with Crippen molar-refractivity contribution in [3.8, 4) is 0 Å². The summed E-state index contributed by atoms with van der Waals surface area (Å²) in [7, 11) is 0. The second kappa shape index (κ2) is 7.92. The van der Waals surface area contributed by atoms with Gasteiger partial charge in [0.1, 0.15) is 5.60 Å². The summed E-state index contributed by atoms with van der Waals surface area (Å²) in [6, 6.07) is 0. The summed E-state index contributed by atoms with van der Waals surface area (Å²) in [5.74, 6) is 5.95. The first-order valence-corrected chi connectivity index (χ1v) is 8.29. The Morgan fingerprint density at radius 3 is 2.45 bits per heavy atom. The summed E-state index contributed by atoms with van der Waals surface area (Å²) in [5, 5.41) is 4.09. The molecule has 0 bridgehead atoms. The first-order chi connectivity index (χ1) is 10.2. The zero-order valence-electron chi connectivity index (χ0n) is 14.4. The SMILES string of the molecule is CCCCCCC(=O)C1(N(N)C(=O)OC(C)(C)C)CCCN1. The van der Waals surface area contributed by atoms with E-state index in [1.807, 2.05) is 0 Å². The van der Waals surface area contributed by atoms with Crippen molar-refractivity contribution in [2.45, 2.75) is 83.9 Å². The van der Waals surface area contributed by atoms with Crippen LogP contribution < -0.4 is 11.2 Å². The predicted molar refractivity (Wildman–Crippen MR) is 86.0 cm³/mol. The first-order valence-electron chi connectivity index (χ1n) is 8.29. The van der Waals surface area contributed by atoms with E-state index in [9.17, 15) is 9.59 Å². The molecule has 128 valence electrons. The monoisotopic (exact) mass is 313 g/mol. The maximum Gasteiger partial charge on any atom is 0.426 e. The fourth-order valence-electron chi connectivity index (χ4n) is 2.69. The van der Waals surface area contributed by atoms with E-state index in [1.54, 1.807) is 20.8 Å². The average molecular weight is 313 g/mol. The summed E-state index contributed by atoms with van der Waals surface area (Å²) in [5.41, 5.74) is -1.74. The van der Waals surface area contributed by atoms with Gasteiger partial charge in [0.25, 0.3) is 0 Å². The third kappa shape index (κ3) is 4.95. The molecule has 6 nitrogen and oxygen atoms in total. The average Bonchev–Trinajstić information content (AvgIpc) is 2.91. The Labute approximate surface area is 133 Å². The first kappa shape index (κ1) is 18.9. The number of hydrogen-bond acceptors (Lipinski definition) is 5. The van der Waals surface area contributed by atoms with Crippen LogP contribution >= 0.6 is 0 Å². The summed E-state index contributed by atoms with van der Waals surface area (Å²) in [4.78, 5) is 24.9. The van der Waals surface area contributed by atoms with Crippen LogP contribution in [-0.2, 0) is 9.53 Å². The molecule has 1 amide bonds. The molecule has 1 saturated heterocycles. The number of unbranched alkanes of at least 4 members (excludes halogenated alkanes) is 3. The minimum absolute atomic E-state index is 0.0190. The summed E-state index contributed by atoms with van der Waals surface area (Å²) >= 11 is 0. The lowest BCUT2D eigenvalue weighted by molar-refractivity contribution is -0.133. The molecule has 22 heavy (non-hydrogen) atoms. The number of amides is 1. The highest BCUT2D eigenvalue weighted by Crippen LogP contribution is 2.26. The van der Waals surface area contributed by atoms with Crippen molar-refractivity contribution in [2.75, 3.05) is 6.54 Å². The van der Waals surface area contributed by atoms with E-state index in [-0.39, 0.29) is 5.78 Å². The molecule has 1 aliphatic heterocycles. The number of carbonyl (C=O) groups is 2. The van der Waals surface area contributed by atoms with Crippen molar-refractivity contribution in [3.63, 3.8) is 0 Å². The van der Waals surface area contributed by atoms with Gasteiger partial charge in [-0.15, -0.1) is 0 Å². The lowest BCUT2D eigenvalue weighted by Gasteiger charge is -2.37. The number of hydrazine groups is 1. The third-order valence-corrected chi connectivity index (χ3v) is 3.85. The van der Waals surface area contributed by atoms with Crippen LogP contribution in [0.2, 0.25) is 0 Å². The van der Waals surface area contributed by atoms with E-state index >= 15 is 0 Å². The Morgan fingerprint density at radius 2 is 1.95 bits per heavy atom. The number of rotatable bonds is 7. The summed E-state index contributed by atoms with van der Waals surface area (Å²) in [6.45, 7) is 8.14. The van der Waals surface area contributed by atoms with Gasteiger partial charge in [-0.1, -0.05) is 26.2 Å². The molecule has 0 radical (unpaired) electrons. The van der Waals surface area contributed by atoms with Crippen LogP contribution in [0.5, 0.6) is 0 Å². The van der Waals surface area contributed by atoms with Crippen molar-refractivity contribution in [2.24, 2.45) is 5.84 Å². The maximum absolute atomic E-state index is 12.7. The van der Waals surface area contributed by atoms with E-state index in [2.05, 4.69) is 12.2 Å². The standard InChI is InChI=1S/C16H31N3O3/c1-5-6-7-8-10-13(20)16(11-9-12-18-16)19(17)14(21)22-15(2,3)4/h18H,5-12,17H2,1-4H3. The Balaban J connectivity index is 2.73. The van der Waals surface area contributed by atoms with Crippen LogP contribution in [0, 0.1) is 0 Å². The minimum Gasteiger partial charge on any atom is -0.443 e. The highest BCUT2D eigenvalue weighted by atomic mass is 16.6. The Morgan fingerprint density at radius 1 is 1.27 bits per heavy atom.